The minimum atomic E-state index is -1.79. The van der Waals surface area contributed by atoms with Crippen LogP contribution in [0.2, 0.25) is 0 Å². The van der Waals surface area contributed by atoms with Gasteiger partial charge in [0.25, 0.3) is 0 Å². The number of benzene rings is 2. The molecular formula is C36H42O11. The van der Waals surface area contributed by atoms with Gasteiger partial charge in [0, 0.05) is 18.8 Å². The van der Waals surface area contributed by atoms with Gasteiger partial charge in [0.15, 0.2) is 5.60 Å². The van der Waals surface area contributed by atoms with E-state index in [1.165, 1.54) is 20.8 Å². The zero-order chi connectivity index (χ0) is 34.1. The summed E-state index contributed by atoms with van der Waals surface area (Å²) >= 11 is 0. The lowest BCUT2D eigenvalue weighted by Gasteiger charge is -2.65. The molecule has 1 saturated heterocycles. The van der Waals surface area contributed by atoms with E-state index in [0.29, 0.717) is 5.57 Å². The fourth-order valence-electron chi connectivity index (χ4n) is 8.93. The predicted octanol–water partition coefficient (Wildman–Crippen LogP) is 2.74. The Morgan fingerprint density at radius 3 is 1.96 bits per heavy atom. The number of rotatable bonds is 6. The second-order valence-corrected chi connectivity index (χ2v) is 14.1. The molecule has 0 spiro atoms. The number of aliphatic hydroxyl groups excluding tert-OH is 3. The van der Waals surface area contributed by atoms with Crippen molar-refractivity contribution in [2.45, 2.75) is 95.3 Å². The Morgan fingerprint density at radius 1 is 0.915 bits per heavy atom. The van der Waals surface area contributed by atoms with Crippen LogP contribution in [0.25, 0.3) is 0 Å². The molecule has 3 fully saturated rings. The topological polar surface area (TPSA) is 169 Å². The molecule has 3 aliphatic carbocycles. The third kappa shape index (κ3) is 4.85. The SMILES string of the molecule is CC(=O)O[C@@]12CO[C@@H]1C[C@@H](OC(=O)c1ccccc1)[C@@]1(C)[C@@H](O)[C@H](O)C3=C(C)[C@@H](O)C[C@@]3(C(C)(C)O)[C@H](OC(=O)c3ccccc3)[C@@H]21. The summed E-state index contributed by atoms with van der Waals surface area (Å²) in [6.45, 7) is 7.28. The highest BCUT2D eigenvalue weighted by atomic mass is 16.6. The first-order valence-electron chi connectivity index (χ1n) is 15.9. The van der Waals surface area contributed by atoms with E-state index in [-0.39, 0.29) is 36.1 Å². The van der Waals surface area contributed by atoms with Crippen LogP contribution in [-0.2, 0) is 23.7 Å². The number of hydrogen-bond acceptors (Lipinski definition) is 11. The summed E-state index contributed by atoms with van der Waals surface area (Å²) in [5.74, 6) is -3.35. The van der Waals surface area contributed by atoms with E-state index in [1.807, 2.05) is 0 Å². The summed E-state index contributed by atoms with van der Waals surface area (Å²) < 4.78 is 24.7. The van der Waals surface area contributed by atoms with Crippen molar-refractivity contribution < 1.29 is 53.8 Å². The second-order valence-electron chi connectivity index (χ2n) is 14.1. The van der Waals surface area contributed by atoms with Crippen LogP contribution in [0.15, 0.2) is 71.8 Å². The zero-order valence-electron chi connectivity index (χ0n) is 27.1. The van der Waals surface area contributed by atoms with Crippen LogP contribution in [0.4, 0.5) is 0 Å². The first-order valence-corrected chi connectivity index (χ1v) is 15.9. The molecule has 4 aliphatic rings. The van der Waals surface area contributed by atoms with Gasteiger partial charge in [0.1, 0.15) is 24.4 Å². The van der Waals surface area contributed by atoms with Crippen molar-refractivity contribution in [1.29, 1.82) is 0 Å². The summed E-state index contributed by atoms with van der Waals surface area (Å²) in [6.07, 6.45) is -8.26. The van der Waals surface area contributed by atoms with Crippen LogP contribution in [0.5, 0.6) is 0 Å². The van der Waals surface area contributed by atoms with Crippen molar-refractivity contribution in [1.82, 2.24) is 0 Å². The van der Waals surface area contributed by atoms with Crippen LogP contribution in [0.1, 0.15) is 68.2 Å². The molecule has 4 N–H and O–H groups in total. The largest absolute Gasteiger partial charge is 0.458 e. The van der Waals surface area contributed by atoms with Crippen molar-refractivity contribution in [2.24, 2.45) is 16.7 Å². The maximum atomic E-state index is 14.0. The lowest BCUT2D eigenvalue weighted by Crippen LogP contribution is -2.79. The quantitative estimate of drug-likeness (QED) is 0.206. The average molecular weight is 651 g/mol. The fourth-order valence-corrected chi connectivity index (χ4v) is 8.93. The summed E-state index contributed by atoms with van der Waals surface area (Å²) in [5, 5.41) is 48.0. The Kier molecular flexibility index (Phi) is 8.16. The number of carbonyl (C=O) groups excluding carboxylic acids is 3. The van der Waals surface area contributed by atoms with Gasteiger partial charge in [0.2, 0.25) is 0 Å². The molecule has 0 radical (unpaired) electrons. The van der Waals surface area contributed by atoms with Crippen LogP contribution >= 0.6 is 0 Å². The maximum absolute atomic E-state index is 14.0. The number of esters is 3. The van der Waals surface area contributed by atoms with Crippen molar-refractivity contribution in [2.75, 3.05) is 6.61 Å². The molecule has 10 atom stereocenters. The number of ether oxygens (including phenoxy) is 4. The van der Waals surface area contributed by atoms with Gasteiger partial charge in [-0.1, -0.05) is 43.3 Å². The molecular weight excluding hydrogens is 608 g/mol. The fraction of sp³-hybridized carbons (Fsp3) is 0.528. The molecule has 2 aromatic rings. The van der Waals surface area contributed by atoms with Crippen LogP contribution < -0.4 is 0 Å². The van der Waals surface area contributed by atoms with Gasteiger partial charge in [-0.2, -0.15) is 0 Å². The Morgan fingerprint density at radius 2 is 1.47 bits per heavy atom. The Bertz CT molecular complexity index is 1580. The number of hydrogen-bond donors (Lipinski definition) is 4. The Labute approximate surface area is 273 Å². The lowest BCUT2D eigenvalue weighted by molar-refractivity contribution is -0.350. The number of aliphatic hydroxyl groups is 4. The van der Waals surface area contributed by atoms with Crippen molar-refractivity contribution in [3.8, 4) is 0 Å². The summed E-state index contributed by atoms with van der Waals surface area (Å²) in [5.41, 5.74) is -5.83. The summed E-state index contributed by atoms with van der Waals surface area (Å²) in [4.78, 5) is 40.4. The Balaban J connectivity index is 1.63. The molecule has 0 bridgehead atoms. The first kappa shape index (κ1) is 33.3. The minimum absolute atomic E-state index is 0.0157. The van der Waals surface area contributed by atoms with E-state index < -0.39 is 82.5 Å². The molecule has 1 aliphatic heterocycles. The van der Waals surface area contributed by atoms with E-state index in [4.69, 9.17) is 18.9 Å². The third-order valence-electron chi connectivity index (χ3n) is 11.2. The van der Waals surface area contributed by atoms with E-state index in [0.717, 1.165) is 0 Å². The van der Waals surface area contributed by atoms with E-state index in [9.17, 15) is 34.8 Å². The molecule has 0 unspecified atom stereocenters. The molecule has 6 rings (SSSR count). The smallest absolute Gasteiger partial charge is 0.338 e. The van der Waals surface area contributed by atoms with Crippen molar-refractivity contribution in [3.05, 3.63) is 82.9 Å². The van der Waals surface area contributed by atoms with E-state index >= 15 is 0 Å². The number of fused-ring (bicyclic) bond motifs is 4. The van der Waals surface area contributed by atoms with Crippen LogP contribution in [0, 0.1) is 16.7 Å². The van der Waals surface area contributed by atoms with Gasteiger partial charge in [0.05, 0.1) is 46.9 Å². The molecule has 2 aromatic carbocycles. The average Bonchev–Trinajstić information content (AvgIpc) is 3.28. The minimum Gasteiger partial charge on any atom is -0.458 e. The highest BCUT2D eigenvalue weighted by Gasteiger charge is 2.79. The maximum Gasteiger partial charge on any atom is 0.338 e. The molecule has 0 aromatic heterocycles. The molecule has 1 heterocycles. The lowest BCUT2D eigenvalue weighted by atomic mass is 9.49. The molecule has 0 amide bonds. The van der Waals surface area contributed by atoms with Crippen LogP contribution in [-0.4, -0.2) is 92.8 Å². The van der Waals surface area contributed by atoms with Crippen molar-refractivity contribution in [3.63, 3.8) is 0 Å². The van der Waals surface area contributed by atoms with Crippen LogP contribution in [0.3, 0.4) is 0 Å². The van der Waals surface area contributed by atoms with Gasteiger partial charge in [-0.3, -0.25) is 4.79 Å². The first-order chi connectivity index (χ1) is 22.1. The zero-order valence-corrected chi connectivity index (χ0v) is 27.1. The van der Waals surface area contributed by atoms with Gasteiger partial charge in [-0.05, 0) is 62.6 Å². The van der Waals surface area contributed by atoms with E-state index in [1.54, 1.807) is 74.5 Å². The highest BCUT2D eigenvalue weighted by molar-refractivity contribution is 5.90. The van der Waals surface area contributed by atoms with Gasteiger partial charge < -0.3 is 39.4 Å². The molecule has 11 heteroatoms. The third-order valence-corrected chi connectivity index (χ3v) is 11.2. The summed E-state index contributed by atoms with van der Waals surface area (Å²) in [7, 11) is 0. The van der Waals surface area contributed by atoms with Crippen molar-refractivity contribution >= 4 is 17.9 Å². The molecule has 2 saturated carbocycles. The second kappa shape index (κ2) is 11.5. The highest BCUT2D eigenvalue weighted by Crippen LogP contribution is 2.68. The van der Waals surface area contributed by atoms with Gasteiger partial charge >= 0.3 is 17.9 Å². The normalized spacial score (nSPS) is 37.8. The predicted molar refractivity (Wildman–Crippen MR) is 166 cm³/mol. The summed E-state index contributed by atoms with van der Waals surface area (Å²) in [6, 6.07) is 16.5. The number of carbonyl (C=O) groups is 3. The molecule has 47 heavy (non-hydrogen) atoms. The molecule has 252 valence electrons. The molecule has 11 nitrogen and oxygen atoms in total. The van der Waals surface area contributed by atoms with Gasteiger partial charge in [-0.15, -0.1) is 0 Å². The monoisotopic (exact) mass is 650 g/mol. The Hall–Kier alpha value is -3.61. The van der Waals surface area contributed by atoms with E-state index in [2.05, 4.69) is 0 Å². The standard InChI is InChI=1S/C36H42O11/c1-19-23(38)17-35(33(3,4)43)26(19)27(39)29(40)34(5)24(45-31(41)21-12-8-6-9-13-21)16-25-36(18-44-25,47-20(2)37)28(34)30(35)46-32(42)22-14-10-7-11-15-22/h6-15,23-25,27-30,38-40,43H,16-18H2,1-5H3/t23-,24+,25+,27+,28+,29-,30+,34+,35-,36-/m0/s1. The van der Waals surface area contributed by atoms with Gasteiger partial charge in [-0.25, -0.2) is 9.59 Å².